The average molecular weight is 169 g/mol. The molecular weight excluding hydrogens is 146 g/mol. The molecule has 12 heavy (non-hydrogen) atoms. The van der Waals surface area contributed by atoms with Gasteiger partial charge >= 0.3 is 0 Å². The Morgan fingerprint density at radius 1 is 1.33 bits per heavy atom. The minimum absolute atomic E-state index is 0.769. The molecule has 0 radical (unpaired) electrons. The zero-order chi connectivity index (χ0) is 8.97. The largest absolute Gasteiger partial charge is 0.317 e. The van der Waals surface area contributed by atoms with Gasteiger partial charge in [0, 0.05) is 6.04 Å². The maximum absolute atomic E-state index is 3.42. The van der Waals surface area contributed by atoms with Crippen molar-refractivity contribution in [3.8, 4) is 0 Å². The Morgan fingerprint density at radius 3 is 2.42 bits per heavy atom. The smallest absolute Gasteiger partial charge is 0.00666 e. The van der Waals surface area contributed by atoms with E-state index in [1.807, 2.05) is 0 Å². The fourth-order valence-corrected chi connectivity index (χ4v) is 1.79. The first-order chi connectivity index (χ1) is 5.72. The molecule has 1 aliphatic carbocycles. The Balaban J connectivity index is 2.06. The lowest BCUT2D eigenvalue weighted by Crippen LogP contribution is -2.26. The van der Waals surface area contributed by atoms with Gasteiger partial charge in [-0.05, 0) is 38.1 Å². The van der Waals surface area contributed by atoms with Crippen LogP contribution in [-0.4, -0.2) is 13.1 Å². The van der Waals surface area contributed by atoms with Gasteiger partial charge < -0.3 is 5.32 Å². The van der Waals surface area contributed by atoms with Crippen LogP contribution in [0.1, 0.15) is 46.0 Å². The molecule has 1 rings (SSSR count). The standard InChI is InChI=1S/C11H23N/c1-9(2)8-11(12-3)7-6-10-4-5-10/h9-12H,4-8H2,1-3H3. The quantitative estimate of drug-likeness (QED) is 0.644. The average Bonchev–Trinajstić information content (AvgIpc) is 2.80. The van der Waals surface area contributed by atoms with Crippen LogP contribution in [0.3, 0.4) is 0 Å². The van der Waals surface area contributed by atoms with E-state index in [1.165, 1.54) is 32.1 Å². The van der Waals surface area contributed by atoms with Crippen LogP contribution in [0.2, 0.25) is 0 Å². The van der Waals surface area contributed by atoms with Crippen LogP contribution < -0.4 is 5.32 Å². The van der Waals surface area contributed by atoms with Crippen molar-refractivity contribution < 1.29 is 0 Å². The second-order valence-corrected chi connectivity index (χ2v) is 4.64. The zero-order valence-corrected chi connectivity index (χ0v) is 8.77. The first-order valence-electron chi connectivity index (χ1n) is 5.39. The molecule has 1 fully saturated rings. The lowest BCUT2D eigenvalue weighted by Gasteiger charge is -2.17. The molecule has 1 N–H and O–H groups in total. The van der Waals surface area contributed by atoms with E-state index in [4.69, 9.17) is 0 Å². The van der Waals surface area contributed by atoms with Gasteiger partial charge in [0.1, 0.15) is 0 Å². The number of hydrogen-bond donors (Lipinski definition) is 1. The van der Waals surface area contributed by atoms with Gasteiger partial charge in [0.2, 0.25) is 0 Å². The van der Waals surface area contributed by atoms with Crippen LogP contribution in [-0.2, 0) is 0 Å². The van der Waals surface area contributed by atoms with Gasteiger partial charge in [-0.15, -0.1) is 0 Å². The highest BCUT2D eigenvalue weighted by Gasteiger charge is 2.22. The SMILES string of the molecule is CNC(CCC1CC1)CC(C)C. The fourth-order valence-electron chi connectivity index (χ4n) is 1.79. The summed E-state index contributed by atoms with van der Waals surface area (Å²) < 4.78 is 0. The van der Waals surface area contributed by atoms with Crippen LogP contribution in [0.25, 0.3) is 0 Å². The van der Waals surface area contributed by atoms with Crippen molar-refractivity contribution >= 4 is 0 Å². The predicted molar refractivity (Wildman–Crippen MR) is 54.3 cm³/mol. The van der Waals surface area contributed by atoms with E-state index in [-0.39, 0.29) is 0 Å². The lowest BCUT2D eigenvalue weighted by molar-refractivity contribution is 0.405. The number of rotatable bonds is 6. The Hall–Kier alpha value is -0.0400. The highest BCUT2D eigenvalue weighted by atomic mass is 14.9. The van der Waals surface area contributed by atoms with Crippen LogP contribution in [0.4, 0.5) is 0 Å². The minimum atomic E-state index is 0.769. The molecule has 0 spiro atoms. The van der Waals surface area contributed by atoms with E-state index in [2.05, 4.69) is 26.2 Å². The van der Waals surface area contributed by atoms with E-state index in [0.29, 0.717) is 0 Å². The number of hydrogen-bond acceptors (Lipinski definition) is 1. The molecule has 0 aromatic heterocycles. The van der Waals surface area contributed by atoms with Crippen molar-refractivity contribution in [3.63, 3.8) is 0 Å². The van der Waals surface area contributed by atoms with Crippen molar-refractivity contribution in [2.45, 2.75) is 52.0 Å². The van der Waals surface area contributed by atoms with E-state index in [9.17, 15) is 0 Å². The summed E-state index contributed by atoms with van der Waals surface area (Å²) in [4.78, 5) is 0. The molecule has 0 amide bonds. The monoisotopic (exact) mass is 169 g/mol. The Bertz CT molecular complexity index is 116. The minimum Gasteiger partial charge on any atom is -0.317 e. The summed E-state index contributed by atoms with van der Waals surface area (Å²) in [7, 11) is 2.10. The predicted octanol–water partition coefficient (Wildman–Crippen LogP) is 2.81. The lowest BCUT2D eigenvalue weighted by atomic mass is 9.99. The third-order valence-corrected chi connectivity index (χ3v) is 2.78. The van der Waals surface area contributed by atoms with Gasteiger partial charge in [0.05, 0.1) is 0 Å². The second kappa shape index (κ2) is 4.86. The maximum atomic E-state index is 3.42. The van der Waals surface area contributed by atoms with Crippen molar-refractivity contribution in [3.05, 3.63) is 0 Å². The molecule has 72 valence electrons. The highest BCUT2D eigenvalue weighted by Crippen LogP contribution is 2.34. The Kier molecular flexibility index (Phi) is 4.07. The normalized spacial score (nSPS) is 20.0. The van der Waals surface area contributed by atoms with Gasteiger partial charge in [0.25, 0.3) is 0 Å². The molecule has 0 aromatic carbocycles. The van der Waals surface area contributed by atoms with Crippen molar-refractivity contribution in [1.82, 2.24) is 5.32 Å². The summed E-state index contributed by atoms with van der Waals surface area (Å²) in [5.41, 5.74) is 0. The molecule has 1 saturated carbocycles. The van der Waals surface area contributed by atoms with Gasteiger partial charge in [-0.2, -0.15) is 0 Å². The van der Waals surface area contributed by atoms with Crippen LogP contribution in [0.15, 0.2) is 0 Å². The summed E-state index contributed by atoms with van der Waals surface area (Å²) in [6.45, 7) is 4.61. The topological polar surface area (TPSA) is 12.0 Å². The van der Waals surface area contributed by atoms with Crippen LogP contribution >= 0.6 is 0 Å². The molecule has 1 heteroatoms. The van der Waals surface area contributed by atoms with Gasteiger partial charge in [-0.1, -0.05) is 26.7 Å². The first-order valence-corrected chi connectivity index (χ1v) is 5.39. The molecule has 1 unspecified atom stereocenters. The molecule has 0 aliphatic heterocycles. The fraction of sp³-hybridized carbons (Fsp3) is 1.00. The Labute approximate surface area is 76.9 Å². The second-order valence-electron chi connectivity index (χ2n) is 4.64. The van der Waals surface area contributed by atoms with Gasteiger partial charge in [0.15, 0.2) is 0 Å². The van der Waals surface area contributed by atoms with Gasteiger partial charge in [-0.3, -0.25) is 0 Å². The molecule has 1 aliphatic rings. The molecular formula is C11H23N. The first kappa shape index (κ1) is 10.0. The third-order valence-electron chi connectivity index (χ3n) is 2.78. The molecule has 0 saturated heterocycles. The molecule has 1 nitrogen and oxygen atoms in total. The summed E-state index contributed by atoms with van der Waals surface area (Å²) in [6, 6.07) is 0.769. The van der Waals surface area contributed by atoms with E-state index in [1.54, 1.807) is 0 Å². The Morgan fingerprint density at radius 2 is 2.00 bits per heavy atom. The van der Waals surface area contributed by atoms with Crippen molar-refractivity contribution in [2.75, 3.05) is 7.05 Å². The molecule has 0 aromatic rings. The molecule has 0 heterocycles. The van der Waals surface area contributed by atoms with E-state index < -0.39 is 0 Å². The van der Waals surface area contributed by atoms with Crippen LogP contribution in [0.5, 0.6) is 0 Å². The molecule has 0 bridgehead atoms. The third kappa shape index (κ3) is 4.10. The van der Waals surface area contributed by atoms with Crippen molar-refractivity contribution in [2.24, 2.45) is 11.8 Å². The van der Waals surface area contributed by atoms with Crippen LogP contribution in [0, 0.1) is 11.8 Å². The summed E-state index contributed by atoms with van der Waals surface area (Å²) in [6.07, 6.45) is 7.18. The van der Waals surface area contributed by atoms with E-state index >= 15 is 0 Å². The summed E-state index contributed by atoms with van der Waals surface area (Å²) >= 11 is 0. The highest BCUT2D eigenvalue weighted by molar-refractivity contribution is 4.76. The van der Waals surface area contributed by atoms with Crippen molar-refractivity contribution in [1.29, 1.82) is 0 Å². The van der Waals surface area contributed by atoms with E-state index in [0.717, 1.165) is 17.9 Å². The molecule has 1 atom stereocenters. The van der Waals surface area contributed by atoms with Gasteiger partial charge in [-0.25, -0.2) is 0 Å². The summed E-state index contributed by atoms with van der Waals surface area (Å²) in [5.74, 6) is 1.93. The maximum Gasteiger partial charge on any atom is 0.00666 e. The number of nitrogens with one attached hydrogen (secondary N) is 1. The zero-order valence-electron chi connectivity index (χ0n) is 8.77. The summed E-state index contributed by atoms with van der Waals surface area (Å²) in [5, 5.41) is 3.42.